The molecule has 3 aromatic rings. The smallest absolute Gasteiger partial charge is 0.251 e. The lowest BCUT2D eigenvalue weighted by atomic mass is 9.88. The Morgan fingerprint density at radius 2 is 1.84 bits per heavy atom. The molecule has 2 heterocycles. The summed E-state index contributed by atoms with van der Waals surface area (Å²) in [5, 5.41) is 7.99. The molecule has 2 aliphatic rings. The van der Waals surface area contributed by atoms with Crippen LogP contribution in [0.5, 0.6) is 0 Å². The van der Waals surface area contributed by atoms with E-state index in [1.165, 1.54) is 5.56 Å². The lowest BCUT2D eigenvalue weighted by Crippen LogP contribution is -2.35. The van der Waals surface area contributed by atoms with E-state index in [9.17, 15) is 9.59 Å². The number of carbonyl (C=O) groups is 2. The maximum atomic E-state index is 13.2. The Bertz CT molecular complexity index is 1190. The molecule has 1 fully saturated rings. The molecule has 32 heavy (non-hydrogen) atoms. The Hall–Kier alpha value is -3.64. The van der Waals surface area contributed by atoms with Crippen LogP contribution in [0.15, 0.2) is 66.7 Å². The van der Waals surface area contributed by atoms with Gasteiger partial charge < -0.3 is 10.6 Å². The number of aryl methyl sites for hydroxylation is 2. The van der Waals surface area contributed by atoms with Gasteiger partial charge in [-0.25, -0.2) is 10.4 Å². The molecule has 2 unspecified atom stereocenters. The van der Waals surface area contributed by atoms with Gasteiger partial charge in [0.25, 0.3) is 5.91 Å². The van der Waals surface area contributed by atoms with Gasteiger partial charge in [-0.3, -0.25) is 9.59 Å². The van der Waals surface area contributed by atoms with Crippen LogP contribution in [-0.4, -0.2) is 18.4 Å². The molecule has 0 bridgehead atoms. The topological polar surface area (TPSA) is 73.5 Å². The second-order valence-electron chi connectivity index (χ2n) is 8.51. The summed E-state index contributed by atoms with van der Waals surface area (Å²) in [5.41, 5.74) is 10.1. The van der Waals surface area contributed by atoms with Gasteiger partial charge in [-0.15, -0.1) is 0 Å². The number of hydrazine groups is 1. The minimum absolute atomic E-state index is 0.0373. The SMILES string of the molecule is Cc1ccc(N2NC3c4cc(C(=O)NCc5ccccc5)ccc4NCC3C2=O)cc1C. The molecule has 3 aromatic carbocycles. The predicted molar refractivity (Wildman–Crippen MR) is 125 cm³/mol. The summed E-state index contributed by atoms with van der Waals surface area (Å²) >= 11 is 0. The van der Waals surface area contributed by atoms with Gasteiger partial charge in [0.2, 0.25) is 5.91 Å². The van der Waals surface area contributed by atoms with Crippen LogP contribution >= 0.6 is 0 Å². The third kappa shape index (κ3) is 3.63. The number of fused-ring (bicyclic) bond motifs is 3. The van der Waals surface area contributed by atoms with Crippen LogP contribution in [0.2, 0.25) is 0 Å². The lowest BCUT2D eigenvalue weighted by molar-refractivity contribution is -0.120. The molecule has 0 radical (unpaired) electrons. The van der Waals surface area contributed by atoms with Gasteiger partial charge in [0.05, 0.1) is 17.6 Å². The molecule has 0 aromatic heterocycles. The van der Waals surface area contributed by atoms with Gasteiger partial charge >= 0.3 is 0 Å². The van der Waals surface area contributed by atoms with Crippen LogP contribution in [-0.2, 0) is 11.3 Å². The lowest BCUT2D eigenvalue weighted by Gasteiger charge is -2.27. The van der Waals surface area contributed by atoms with Crippen molar-refractivity contribution in [2.45, 2.75) is 26.4 Å². The second-order valence-corrected chi connectivity index (χ2v) is 8.51. The molecule has 5 rings (SSSR count). The zero-order chi connectivity index (χ0) is 22.2. The average molecular weight is 427 g/mol. The molecule has 0 aliphatic carbocycles. The molecule has 2 amide bonds. The van der Waals surface area contributed by atoms with Crippen molar-refractivity contribution < 1.29 is 9.59 Å². The zero-order valence-corrected chi connectivity index (χ0v) is 18.2. The summed E-state index contributed by atoms with van der Waals surface area (Å²) < 4.78 is 0. The standard InChI is InChI=1S/C26H26N4O2/c1-16-8-10-20(12-17(16)2)30-26(32)22-15-27-23-11-9-19(13-21(23)24(22)29-30)25(31)28-14-18-6-4-3-5-7-18/h3-13,22,24,27,29H,14-15H2,1-2H3,(H,28,31). The summed E-state index contributed by atoms with van der Waals surface area (Å²) in [4.78, 5) is 26.0. The van der Waals surface area contributed by atoms with Crippen molar-refractivity contribution in [3.8, 4) is 0 Å². The van der Waals surface area contributed by atoms with E-state index < -0.39 is 0 Å². The van der Waals surface area contributed by atoms with Crippen LogP contribution in [0.3, 0.4) is 0 Å². The van der Waals surface area contributed by atoms with E-state index in [1.807, 2.05) is 73.7 Å². The number of anilines is 2. The Kier molecular flexibility index (Phi) is 5.15. The monoisotopic (exact) mass is 426 g/mol. The highest BCUT2D eigenvalue weighted by molar-refractivity contribution is 5.99. The van der Waals surface area contributed by atoms with Gasteiger partial charge in [-0.05, 0) is 66.4 Å². The van der Waals surface area contributed by atoms with Gasteiger partial charge in [0.1, 0.15) is 0 Å². The first-order chi connectivity index (χ1) is 15.5. The second kappa shape index (κ2) is 8.13. The first-order valence-corrected chi connectivity index (χ1v) is 10.9. The first-order valence-electron chi connectivity index (χ1n) is 10.9. The minimum Gasteiger partial charge on any atom is -0.384 e. The number of rotatable bonds is 4. The van der Waals surface area contributed by atoms with Crippen molar-refractivity contribution >= 4 is 23.2 Å². The molecule has 0 saturated carbocycles. The highest BCUT2D eigenvalue weighted by Gasteiger charge is 2.44. The maximum absolute atomic E-state index is 13.2. The number of benzene rings is 3. The van der Waals surface area contributed by atoms with Crippen LogP contribution in [0.1, 0.15) is 38.7 Å². The number of nitrogens with zero attached hydrogens (tertiary/aromatic N) is 1. The van der Waals surface area contributed by atoms with Crippen molar-refractivity contribution in [2.75, 3.05) is 16.9 Å². The molecule has 2 atom stereocenters. The van der Waals surface area contributed by atoms with Crippen LogP contribution in [0.25, 0.3) is 0 Å². The van der Waals surface area contributed by atoms with E-state index in [2.05, 4.69) is 23.0 Å². The van der Waals surface area contributed by atoms with Crippen molar-refractivity contribution in [1.29, 1.82) is 0 Å². The van der Waals surface area contributed by atoms with E-state index in [0.717, 1.165) is 28.1 Å². The zero-order valence-electron chi connectivity index (χ0n) is 18.2. The van der Waals surface area contributed by atoms with E-state index in [1.54, 1.807) is 5.01 Å². The number of hydrogen-bond acceptors (Lipinski definition) is 4. The number of amides is 2. The molecule has 6 nitrogen and oxygen atoms in total. The molecule has 6 heteroatoms. The molecule has 3 N–H and O–H groups in total. The molecule has 2 aliphatic heterocycles. The number of hydrogen-bond donors (Lipinski definition) is 3. The molecular formula is C26H26N4O2. The van der Waals surface area contributed by atoms with Crippen molar-refractivity contribution in [3.05, 3.63) is 94.5 Å². The Morgan fingerprint density at radius 1 is 1.03 bits per heavy atom. The number of nitrogens with one attached hydrogen (secondary N) is 3. The Labute approximate surface area is 187 Å². The van der Waals surface area contributed by atoms with Crippen LogP contribution < -0.4 is 21.1 Å². The van der Waals surface area contributed by atoms with E-state index in [-0.39, 0.29) is 23.8 Å². The predicted octanol–water partition coefficient (Wildman–Crippen LogP) is 3.87. The summed E-state index contributed by atoms with van der Waals surface area (Å²) in [6, 6.07) is 21.3. The largest absolute Gasteiger partial charge is 0.384 e. The fourth-order valence-corrected chi connectivity index (χ4v) is 4.38. The normalized spacial score (nSPS) is 19.2. The fraction of sp³-hybridized carbons (Fsp3) is 0.231. The van der Waals surface area contributed by atoms with Gasteiger partial charge in [-0.1, -0.05) is 36.4 Å². The van der Waals surface area contributed by atoms with Crippen molar-refractivity contribution in [2.24, 2.45) is 5.92 Å². The van der Waals surface area contributed by atoms with Crippen LogP contribution in [0.4, 0.5) is 11.4 Å². The Morgan fingerprint density at radius 3 is 2.62 bits per heavy atom. The molecular weight excluding hydrogens is 400 g/mol. The average Bonchev–Trinajstić information content (AvgIpc) is 3.16. The van der Waals surface area contributed by atoms with E-state index in [4.69, 9.17) is 0 Å². The summed E-state index contributed by atoms with van der Waals surface area (Å²) in [5.74, 6) is -0.323. The summed E-state index contributed by atoms with van der Waals surface area (Å²) in [6.07, 6.45) is 0. The number of carbonyl (C=O) groups excluding carboxylic acids is 2. The van der Waals surface area contributed by atoms with Gasteiger partial charge in [0.15, 0.2) is 0 Å². The maximum Gasteiger partial charge on any atom is 0.251 e. The summed E-state index contributed by atoms with van der Waals surface area (Å²) in [6.45, 7) is 5.13. The fourth-order valence-electron chi connectivity index (χ4n) is 4.38. The Balaban J connectivity index is 1.38. The van der Waals surface area contributed by atoms with E-state index >= 15 is 0 Å². The van der Waals surface area contributed by atoms with Crippen molar-refractivity contribution in [1.82, 2.24) is 10.7 Å². The molecule has 162 valence electrons. The quantitative estimate of drug-likeness (QED) is 0.592. The van der Waals surface area contributed by atoms with Gasteiger partial charge in [-0.2, -0.15) is 0 Å². The minimum atomic E-state index is -0.230. The van der Waals surface area contributed by atoms with E-state index in [0.29, 0.717) is 18.7 Å². The highest BCUT2D eigenvalue weighted by atomic mass is 16.2. The first kappa shape index (κ1) is 20.3. The third-order valence-corrected chi connectivity index (χ3v) is 6.41. The third-order valence-electron chi connectivity index (χ3n) is 6.41. The molecule has 0 spiro atoms. The highest BCUT2D eigenvalue weighted by Crippen LogP contribution is 2.40. The van der Waals surface area contributed by atoms with Gasteiger partial charge in [0, 0.05) is 24.3 Å². The molecule has 1 saturated heterocycles. The summed E-state index contributed by atoms with van der Waals surface area (Å²) in [7, 11) is 0. The van der Waals surface area contributed by atoms with Crippen molar-refractivity contribution in [3.63, 3.8) is 0 Å². The van der Waals surface area contributed by atoms with Crippen LogP contribution in [0, 0.1) is 19.8 Å².